The molecule has 5 N–H and O–H groups in total. The number of aryl methyl sites for hydroxylation is 7. The number of carbonyl (C=O) groups excluding carboxylic acids is 5. The minimum absolute atomic E-state index is 0.0454. The number of rotatable bonds is 16. The summed E-state index contributed by atoms with van der Waals surface area (Å²) in [5.74, 6) is -1.04. The first-order valence-electron chi connectivity index (χ1n) is 40.8. The van der Waals surface area contributed by atoms with Gasteiger partial charge < -0.3 is 54.2 Å². The first kappa shape index (κ1) is 93.1. The van der Waals surface area contributed by atoms with Gasteiger partial charge in [0.25, 0.3) is 27.8 Å². The molecule has 0 aliphatic carbocycles. The van der Waals surface area contributed by atoms with Gasteiger partial charge in [-0.2, -0.15) is 0 Å². The Morgan fingerprint density at radius 2 is 0.708 bits per heavy atom. The molecule has 0 bridgehead atoms. The third-order valence-corrected chi connectivity index (χ3v) is 22.7. The zero-order chi connectivity index (χ0) is 95.0. The molecule has 5 amide bonds. The summed E-state index contributed by atoms with van der Waals surface area (Å²) in [4.78, 5) is 207. The lowest BCUT2D eigenvalue weighted by molar-refractivity contribution is -0.123. The van der Waals surface area contributed by atoms with Gasteiger partial charge in [0.15, 0.2) is 55.8 Å². The summed E-state index contributed by atoms with van der Waals surface area (Å²) in [7, 11) is 14.6. The summed E-state index contributed by atoms with van der Waals surface area (Å²) in [6, 6.07) is 31.0. The molecule has 10 aromatic heterocycles. The number of para-hydroxylation sites is 1. The van der Waals surface area contributed by atoms with Gasteiger partial charge in [0.2, 0.25) is 29.5 Å². The Labute approximate surface area is 736 Å². The minimum atomic E-state index is -1.10. The first-order valence-corrected chi connectivity index (χ1v) is 40.8. The Balaban J connectivity index is 0.000000147. The van der Waals surface area contributed by atoms with Crippen LogP contribution in [0.15, 0.2) is 195 Å². The van der Waals surface area contributed by atoms with E-state index in [2.05, 4.69) is 65.4 Å². The third kappa shape index (κ3) is 18.0. The largest absolute Gasteiger partial charge is 0.493 e. The van der Waals surface area contributed by atoms with Crippen LogP contribution >= 0.6 is 0 Å². The van der Waals surface area contributed by atoms with E-state index in [0.29, 0.717) is 35.3 Å². The normalized spacial score (nSPS) is 12.6. The Morgan fingerprint density at radius 1 is 0.369 bits per heavy atom. The van der Waals surface area contributed by atoms with Crippen LogP contribution in [0.2, 0.25) is 0 Å². The van der Waals surface area contributed by atoms with Gasteiger partial charge >= 0.3 is 28.4 Å². The van der Waals surface area contributed by atoms with Crippen LogP contribution in [0.5, 0.6) is 5.75 Å². The van der Waals surface area contributed by atoms with Crippen molar-refractivity contribution in [2.75, 3.05) is 33.2 Å². The average molecular weight is 1780 g/mol. The molecule has 41 nitrogen and oxygen atoms in total. The highest BCUT2D eigenvalue weighted by atomic mass is 19.1. The third-order valence-electron chi connectivity index (χ3n) is 22.7. The molecule has 0 radical (unpaired) electrons. The van der Waals surface area contributed by atoms with Gasteiger partial charge in [-0.3, -0.25) is 93.6 Å². The molecule has 11 heterocycles. The number of aromatic nitrogens is 20. The monoisotopic (exact) mass is 1780 g/mol. The number of hydrogen-bond acceptors (Lipinski definition) is 21. The van der Waals surface area contributed by atoms with E-state index in [-0.39, 0.29) is 85.1 Å². The van der Waals surface area contributed by atoms with Gasteiger partial charge in [-0.15, -0.1) is 0 Å². The van der Waals surface area contributed by atoms with Gasteiger partial charge in [-0.25, -0.2) is 53.3 Å². The number of nitrogens with zero attached hydrogens (tertiary/aromatic N) is 20. The first-order chi connectivity index (χ1) is 61.4. The fraction of sp³-hybridized carbons (Fsp3) is 0.318. The van der Waals surface area contributed by atoms with E-state index in [1.807, 2.05) is 92.7 Å². The van der Waals surface area contributed by atoms with Crippen LogP contribution < -0.4 is 87.6 Å². The number of nitrogens with one attached hydrogen (secondary N) is 5. The molecule has 1 aliphatic heterocycles. The number of fused-ring (bicyclic) bond motifs is 6. The zero-order valence-electron chi connectivity index (χ0n) is 75.0. The number of hydrogen-bond donors (Lipinski definition) is 5. The number of ether oxygens (including phenoxy) is 1. The molecular formula is C88H98FN25O16. The van der Waals surface area contributed by atoms with Crippen LogP contribution in [0, 0.1) is 19.7 Å². The van der Waals surface area contributed by atoms with Gasteiger partial charge in [-0.1, -0.05) is 74.0 Å². The molecule has 0 spiro atoms. The Bertz CT molecular complexity index is 7700. The minimum Gasteiger partial charge on any atom is -0.493 e. The fourth-order valence-corrected chi connectivity index (χ4v) is 14.4. The van der Waals surface area contributed by atoms with Crippen molar-refractivity contribution in [1.29, 1.82) is 0 Å². The quantitative estimate of drug-likeness (QED) is 0.0834. The summed E-state index contributed by atoms with van der Waals surface area (Å²) < 4.78 is 37.9. The van der Waals surface area contributed by atoms with Gasteiger partial charge in [-0.05, 0) is 133 Å². The average Bonchev–Trinajstić information content (AvgIpc) is 1.58. The van der Waals surface area contributed by atoms with E-state index in [9.17, 15) is 76.3 Å². The van der Waals surface area contributed by atoms with E-state index in [4.69, 9.17) is 4.74 Å². The molecule has 0 fully saturated rings. The SMILES string of the molecule is CC(C(=O)Nc1ccc2c(c1)OCC2)n1cnc2c1c(=O)n(C)c(=O)n2C.CC(C(=O)Nc1ccccc1F)n1cnc2c1c(=O)n(C)c(=O)n2C.CC(C)c1ccc(NC(=O)C(C)(C)n2cnc3c2c(=O)n(C)c(=O)n3C)cc1.Cc1ccc(NC(=O)C(C)n2cnc3c2c(=O)n(C)c(=O)n3C)cc1.Cc1cccc(NC(=O)C(C)n2cnc3c2c(=O)n(C)c(=O)n3C)c1. The maximum atomic E-state index is 13.7. The van der Waals surface area contributed by atoms with Crippen LogP contribution in [0.25, 0.3) is 55.8 Å². The second-order valence-corrected chi connectivity index (χ2v) is 32.2. The molecule has 4 unspecified atom stereocenters. The molecule has 0 saturated heterocycles. The predicted octanol–water partition coefficient (Wildman–Crippen LogP) is 5.16. The number of imidazole rings is 5. The number of amides is 5. The van der Waals surface area contributed by atoms with Gasteiger partial charge in [0, 0.05) is 106 Å². The van der Waals surface area contributed by atoms with Crippen molar-refractivity contribution < 1.29 is 33.1 Å². The summed E-state index contributed by atoms with van der Waals surface area (Å²) in [6.07, 6.45) is 7.82. The Kier molecular flexibility index (Phi) is 26.7. The number of benzene rings is 5. The standard InChI is InChI=1S/C20H25N5O3.C18H19N5O4.2C17H19N5O3.C16H16FN5O3/c1-12(2)13-7-9-14(10-8-13)22-18(27)20(3,4)25-11-21-16-15(25)17(26)24(6)19(28)23(16)5;1-10(16(24)20-12-5-4-11-6-7-27-13(11)8-12)23-9-19-15-14(23)17(25)22(3)18(26)21(15)2;1-10-5-7-12(8-6-10)19-15(23)11(2)22-9-18-14-13(22)16(24)21(4)17(25)20(14)3;1-10-6-5-7-12(8-10)19-15(23)11(2)22-9-18-14-13(22)16(24)21(4)17(25)20(14)3;1-9(14(23)19-11-7-5-4-6-10(11)17)22-8-18-13-12(22)15(24)21(3)16(25)20(13)2/h7-12H,1-6H3,(H,22,27);4-5,8-10H,6-7H2,1-3H3,(H,20,24);2*5-9,11H,1-4H3,(H,19,23);4-9H,1-3H3,(H,19,23). The molecule has 15 aromatic rings. The van der Waals surface area contributed by atoms with Crippen LogP contribution in [0.3, 0.4) is 0 Å². The highest BCUT2D eigenvalue weighted by Gasteiger charge is 2.34. The summed E-state index contributed by atoms with van der Waals surface area (Å²) >= 11 is 0. The second kappa shape index (κ2) is 37.2. The second-order valence-electron chi connectivity index (χ2n) is 32.2. The lowest BCUT2D eigenvalue weighted by Crippen LogP contribution is -2.43. The molecule has 5 aromatic carbocycles. The Morgan fingerprint density at radius 3 is 1.10 bits per heavy atom. The lowest BCUT2D eigenvalue weighted by Gasteiger charge is -2.26. The summed E-state index contributed by atoms with van der Waals surface area (Å²) in [5.41, 5.74) is 3.32. The maximum Gasteiger partial charge on any atom is 0.332 e. The van der Waals surface area contributed by atoms with Crippen molar-refractivity contribution in [2.45, 2.75) is 111 Å². The molecule has 4 atom stereocenters. The van der Waals surface area contributed by atoms with E-state index in [0.717, 1.165) is 51.7 Å². The number of anilines is 5. The summed E-state index contributed by atoms with van der Waals surface area (Å²) in [5, 5.41) is 13.9. The molecule has 0 saturated carbocycles. The fourth-order valence-electron chi connectivity index (χ4n) is 14.4. The van der Waals surface area contributed by atoms with E-state index in [1.54, 1.807) is 80.9 Å². The summed E-state index contributed by atoms with van der Waals surface area (Å²) in [6.45, 7) is 18.7. The number of halogens is 1. The van der Waals surface area contributed by atoms with Crippen molar-refractivity contribution in [1.82, 2.24) is 93.4 Å². The molecule has 16 rings (SSSR count). The zero-order valence-corrected chi connectivity index (χ0v) is 75.0. The van der Waals surface area contributed by atoms with E-state index >= 15 is 0 Å². The number of carbonyl (C=O) groups is 5. The van der Waals surface area contributed by atoms with Crippen LogP contribution in [0.4, 0.5) is 32.8 Å². The van der Waals surface area contributed by atoms with Crippen molar-refractivity contribution in [3.05, 3.63) is 279 Å². The van der Waals surface area contributed by atoms with Crippen molar-refractivity contribution >= 4 is 114 Å². The molecule has 42 heteroatoms. The molecule has 678 valence electrons. The van der Waals surface area contributed by atoms with Crippen LogP contribution in [-0.4, -0.2) is 130 Å². The maximum absolute atomic E-state index is 13.7. The topological polar surface area (TPSA) is 464 Å². The lowest BCUT2D eigenvalue weighted by atomic mass is 10.0. The van der Waals surface area contributed by atoms with E-state index < -0.39 is 97.7 Å². The highest BCUT2D eigenvalue weighted by molar-refractivity contribution is 5.99. The van der Waals surface area contributed by atoms with Crippen LogP contribution in [0.1, 0.15) is 108 Å². The predicted molar refractivity (Wildman–Crippen MR) is 487 cm³/mol. The van der Waals surface area contributed by atoms with E-state index in [1.165, 1.54) is 150 Å². The van der Waals surface area contributed by atoms with Crippen LogP contribution in [-0.2, 0) is 106 Å². The van der Waals surface area contributed by atoms with Gasteiger partial charge in [0.05, 0.1) is 43.9 Å². The molecule has 1 aliphatic rings. The van der Waals surface area contributed by atoms with Crippen molar-refractivity contribution in [3.8, 4) is 5.75 Å². The molecule has 130 heavy (non-hydrogen) atoms. The van der Waals surface area contributed by atoms with Crippen molar-refractivity contribution in [2.24, 2.45) is 70.5 Å². The molecular weight excluding hydrogens is 1680 g/mol. The van der Waals surface area contributed by atoms with Crippen molar-refractivity contribution in [3.63, 3.8) is 0 Å². The highest BCUT2D eigenvalue weighted by Crippen LogP contribution is 2.30. The van der Waals surface area contributed by atoms with Gasteiger partial charge in [0.1, 0.15) is 41.3 Å². The smallest absolute Gasteiger partial charge is 0.332 e. The Hall–Kier alpha value is -16.1.